The Bertz CT molecular complexity index is 1580. The number of thiophene rings is 1. The van der Waals surface area contributed by atoms with Crippen LogP contribution in [0.2, 0.25) is 5.02 Å². The third kappa shape index (κ3) is 3.08. The van der Waals surface area contributed by atoms with Gasteiger partial charge in [0, 0.05) is 41.0 Å². The Morgan fingerprint density at radius 2 is 1.56 bits per heavy atom. The molecule has 0 fully saturated rings. The van der Waals surface area contributed by atoms with Crippen molar-refractivity contribution in [2.75, 3.05) is 11.4 Å². The first kappa shape index (κ1) is 21.7. The lowest BCUT2D eigenvalue weighted by Crippen LogP contribution is -2.36. The summed E-state index contributed by atoms with van der Waals surface area (Å²) >= 11 is 7.76. The van der Waals surface area contributed by atoms with Crippen LogP contribution in [0.4, 0.5) is 5.00 Å². The first-order chi connectivity index (χ1) is 17.5. The van der Waals surface area contributed by atoms with Gasteiger partial charge >= 0.3 is 0 Å². The number of carbonyl (C=O) groups is 3. The van der Waals surface area contributed by atoms with Crippen LogP contribution in [0, 0.1) is 0 Å². The molecule has 0 radical (unpaired) electrons. The van der Waals surface area contributed by atoms with E-state index in [4.69, 9.17) is 11.6 Å². The summed E-state index contributed by atoms with van der Waals surface area (Å²) in [7, 11) is 0. The highest BCUT2D eigenvalue weighted by molar-refractivity contribution is 7.17. The van der Waals surface area contributed by atoms with Crippen molar-refractivity contribution >= 4 is 45.5 Å². The number of nitrogens with zero attached hydrogens (tertiary/aromatic N) is 2. The summed E-state index contributed by atoms with van der Waals surface area (Å²) in [6.07, 6.45) is 0. The zero-order valence-electron chi connectivity index (χ0n) is 19.0. The van der Waals surface area contributed by atoms with Gasteiger partial charge in [-0.1, -0.05) is 54.1 Å². The van der Waals surface area contributed by atoms with Crippen molar-refractivity contribution in [2.24, 2.45) is 0 Å². The molecule has 4 aromatic rings. The molecule has 5 nitrogen and oxygen atoms in total. The fraction of sp³-hybridized carbons (Fsp3) is 0.138. The molecular weight excluding hydrogens is 492 g/mol. The van der Waals surface area contributed by atoms with E-state index in [2.05, 4.69) is 17.0 Å². The standard InChI is InChI=1S/C29H19ClN2O3S/c30-17-10-11-18-21(12-17)22-14-31(13-16-6-2-1-3-7-16)15-23-24(22)25(26(18)33)29(36-23)32-27(34)19-8-4-5-9-20(19)28(32)35/h1-12,22H,13-15H2. The average molecular weight is 511 g/mol. The molecule has 1 unspecified atom stereocenters. The van der Waals surface area contributed by atoms with Gasteiger partial charge in [0.15, 0.2) is 5.78 Å². The number of hydrogen-bond donors (Lipinski definition) is 0. The zero-order valence-corrected chi connectivity index (χ0v) is 20.6. The summed E-state index contributed by atoms with van der Waals surface area (Å²) in [6.45, 7) is 2.12. The first-order valence-corrected chi connectivity index (χ1v) is 12.9. The number of carbonyl (C=O) groups excluding carboxylic acids is 3. The van der Waals surface area contributed by atoms with E-state index in [1.54, 1.807) is 36.4 Å². The maximum Gasteiger partial charge on any atom is 0.266 e. The fourth-order valence-electron chi connectivity index (χ4n) is 5.71. The Kier molecular flexibility index (Phi) is 4.80. The predicted molar refractivity (Wildman–Crippen MR) is 139 cm³/mol. The Balaban J connectivity index is 1.39. The summed E-state index contributed by atoms with van der Waals surface area (Å²) in [4.78, 5) is 45.2. The minimum Gasteiger partial charge on any atom is -0.293 e. The summed E-state index contributed by atoms with van der Waals surface area (Å²) in [5, 5.41) is 1.02. The van der Waals surface area contributed by atoms with Gasteiger partial charge in [-0.25, -0.2) is 4.90 Å². The molecule has 0 N–H and O–H groups in total. The van der Waals surface area contributed by atoms with Crippen LogP contribution in [0.15, 0.2) is 72.8 Å². The Labute approximate surface area is 216 Å². The molecule has 0 spiro atoms. The van der Waals surface area contributed by atoms with E-state index in [0.29, 0.717) is 45.4 Å². The van der Waals surface area contributed by atoms with E-state index in [-0.39, 0.29) is 23.5 Å². The van der Waals surface area contributed by atoms with Gasteiger partial charge in [0.05, 0.1) is 16.7 Å². The van der Waals surface area contributed by atoms with Crippen molar-refractivity contribution in [3.63, 3.8) is 0 Å². The zero-order chi connectivity index (χ0) is 24.6. The molecule has 1 aromatic heterocycles. The summed E-state index contributed by atoms with van der Waals surface area (Å²) in [5.74, 6) is -0.979. The lowest BCUT2D eigenvalue weighted by atomic mass is 9.76. The fourth-order valence-corrected chi connectivity index (χ4v) is 7.29. The second kappa shape index (κ2) is 7.96. The van der Waals surface area contributed by atoms with Gasteiger partial charge < -0.3 is 0 Å². The molecule has 176 valence electrons. The number of anilines is 1. The van der Waals surface area contributed by atoms with Crippen LogP contribution < -0.4 is 4.90 Å². The number of hydrogen-bond acceptors (Lipinski definition) is 5. The average Bonchev–Trinajstić information content (AvgIpc) is 3.38. The van der Waals surface area contributed by atoms with Crippen LogP contribution in [0.25, 0.3) is 0 Å². The summed E-state index contributed by atoms with van der Waals surface area (Å²) in [6, 6.07) is 22.5. The van der Waals surface area contributed by atoms with E-state index < -0.39 is 0 Å². The minimum atomic E-state index is -0.377. The van der Waals surface area contributed by atoms with Crippen molar-refractivity contribution in [3.8, 4) is 0 Å². The largest absolute Gasteiger partial charge is 0.293 e. The number of ketones is 1. The molecule has 0 bridgehead atoms. The minimum absolute atomic E-state index is 0.0703. The van der Waals surface area contributed by atoms with Gasteiger partial charge in [-0.15, -0.1) is 11.3 Å². The third-order valence-corrected chi connectivity index (χ3v) is 8.68. The van der Waals surface area contributed by atoms with Crippen molar-refractivity contribution in [2.45, 2.75) is 19.0 Å². The third-order valence-electron chi connectivity index (χ3n) is 7.27. The van der Waals surface area contributed by atoms with Gasteiger partial charge in [0.25, 0.3) is 11.8 Å². The SMILES string of the molecule is O=C1c2ccc(Cl)cc2C2CN(Cc3ccccc3)Cc3sc(N4C(=O)c5ccccc5C4=O)c1c32. The Morgan fingerprint density at radius 1 is 0.861 bits per heavy atom. The lowest BCUT2D eigenvalue weighted by Gasteiger charge is -2.36. The highest BCUT2D eigenvalue weighted by atomic mass is 35.5. The first-order valence-electron chi connectivity index (χ1n) is 11.7. The van der Waals surface area contributed by atoms with E-state index >= 15 is 0 Å². The van der Waals surface area contributed by atoms with E-state index in [1.165, 1.54) is 21.8 Å². The Hall–Kier alpha value is -3.58. The number of amides is 2. The molecule has 2 amide bonds. The smallest absolute Gasteiger partial charge is 0.266 e. The van der Waals surface area contributed by atoms with Crippen molar-refractivity contribution < 1.29 is 14.4 Å². The number of imide groups is 1. The number of rotatable bonds is 3. The van der Waals surface area contributed by atoms with Crippen LogP contribution in [-0.2, 0) is 13.1 Å². The maximum atomic E-state index is 13.9. The summed E-state index contributed by atoms with van der Waals surface area (Å²) < 4.78 is 0. The summed E-state index contributed by atoms with van der Waals surface area (Å²) in [5.41, 5.74) is 4.87. The van der Waals surface area contributed by atoms with Crippen LogP contribution in [-0.4, -0.2) is 29.0 Å². The van der Waals surface area contributed by atoms with Crippen molar-refractivity contribution in [1.29, 1.82) is 0 Å². The molecule has 1 aliphatic carbocycles. The monoisotopic (exact) mass is 510 g/mol. The molecule has 0 saturated carbocycles. The molecular formula is C29H19ClN2O3S. The van der Waals surface area contributed by atoms with Gasteiger partial charge in [0.1, 0.15) is 5.00 Å². The molecule has 1 atom stereocenters. The van der Waals surface area contributed by atoms with Gasteiger partial charge in [-0.2, -0.15) is 0 Å². The maximum absolute atomic E-state index is 13.9. The van der Waals surface area contributed by atoms with E-state index in [0.717, 1.165) is 22.5 Å². The van der Waals surface area contributed by atoms with Crippen LogP contribution in [0.3, 0.4) is 0 Å². The molecule has 3 aliphatic rings. The van der Waals surface area contributed by atoms with E-state index in [9.17, 15) is 14.4 Å². The van der Waals surface area contributed by atoms with Crippen LogP contribution in [0.1, 0.15) is 64.1 Å². The second-order valence-electron chi connectivity index (χ2n) is 9.38. The highest BCUT2D eigenvalue weighted by Crippen LogP contribution is 2.51. The van der Waals surface area contributed by atoms with E-state index in [1.807, 2.05) is 24.3 Å². The number of benzene rings is 3. The second-order valence-corrected chi connectivity index (χ2v) is 10.9. The molecule has 7 rings (SSSR count). The van der Waals surface area contributed by atoms with Gasteiger partial charge in [-0.3, -0.25) is 19.3 Å². The van der Waals surface area contributed by atoms with Gasteiger partial charge in [-0.05, 0) is 47.0 Å². The highest BCUT2D eigenvalue weighted by Gasteiger charge is 2.45. The molecule has 7 heteroatoms. The van der Waals surface area contributed by atoms with Crippen molar-refractivity contribution in [1.82, 2.24) is 4.90 Å². The molecule has 3 heterocycles. The van der Waals surface area contributed by atoms with Gasteiger partial charge in [0.2, 0.25) is 0 Å². The lowest BCUT2D eigenvalue weighted by molar-refractivity contribution is 0.0927. The Morgan fingerprint density at radius 3 is 2.28 bits per heavy atom. The number of halogens is 1. The van der Waals surface area contributed by atoms with Crippen LogP contribution in [0.5, 0.6) is 0 Å². The number of fused-ring (bicyclic) bond motifs is 3. The van der Waals surface area contributed by atoms with Crippen LogP contribution >= 0.6 is 22.9 Å². The molecule has 3 aromatic carbocycles. The molecule has 36 heavy (non-hydrogen) atoms. The topological polar surface area (TPSA) is 57.7 Å². The predicted octanol–water partition coefficient (Wildman–Crippen LogP) is 5.89. The molecule has 2 aliphatic heterocycles. The molecule has 0 saturated heterocycles. The van der Waals surface area contributed by atoms with Crippen molar-refractivity contribution in [3.05, 3.63) is 122 Å². The normalized spacial score (nSPS) is 18.3. The quantitative estimate of drug-likeness (QED) is 0.322.